The zero-order valence-electron chi connectivity index (χ0n) is 12.3. The van der Waals surface area contributed by atoms with Gasteiger partial charge in [-0.1, -0.05) is 6.42 Å². The first kappa shape index (κ1) is 15.0. The second-order valence-electron chi connectivity index (χ2n) is 5.59. The minimum atomic E-state index is -0.979. The molecule has 0 radical (unpaired) electrons. The molecule has 0 aromatic carbocycles. The maximum atomic E-state index is 10.9. The molecule has 2 N–H and O–H groups in total. The molecule has 112 valence electrons. The molecular formula is C14H24N4O2. The van der Waals surface area contributed by atoms with Gasteiger partial charge in [0.2, 0.25) is 0 Å². The van der Waals surface area contributed by atoms with Gasteiger partial charge in [-0.15, -0.1) is 0 Å². The molecule has 0 aliphatic carbocycles. The van der Waals surface area contributed by atoms with Crippen molar-refractivity contribution in [1.29, 1.82) is 0 Å². The molecule has 1 fully saturated rings. The SMILES string of the molecule is CC(CN1CCCCC1)NCc1cc(C(=O)O)nn1C. The van der Waals surface area contributed by atoms with Gasteiger partial charge in [0.15, 0.2) is 5.69 Å². The van der Waals surface area contributed by atoms with E-state index in [-0.39, 0.29) is 5.69 Å². The molecule has 1 unspecified atom stereocenters. The number of piperidine rings is 1. The minimum Gasteiger partial charge on any atom is -0.476 e. The molecular weight excluding hydrogens is 256 g/mol. The van der Waals surface area contributed by atoms with Crippen LogP contribution in [0.3, 0.4) is 0 Å². The molecule has 6 nitrogen and oxygen atoms in total. The summed E-state index contributed by atoms with van der Waals surface area (Å²) >= 11 is 0. The van der Waals surface area contributed by atoms with Crippen molar-refractivity contribution in [2.24, 2.45) is 7.05 Å². The number of carboxylic acids is 1. The third-order valence-corrected chi connectivity index (χ3v) is 3.81. The minimum absolute atomic E-state index is 0.105. The number of likely N-dealkylation sites (tertiary alicyclic amines) is 1. The van der Waals surface area contributed by atoms with Crippen LogP contribution in [0.1, 0.15) is 42.4 Å². The molecule has 1 saturated heterocycles. The Morgan fingerprint density at radius 1 is 1.45 bits per heavy atom. The Morgan fingerprint density at radius 3 is 2.75 bits per heavy atom. The van der Waals surface area contributed by atoms with Crippen LogP contribution in [-0.2, 0) is 13.6 Å². The number of hydrogen-bond acceptors (Lipinski definition) is 4. The Balaban J connectivity index is 1.80. The molecule has 0 bridgehead atoms. The highest BCUT2D eigenvalue weighted by Gasteiger charge is 2.15. The maximum absolute atomic E-state index is 10.9. The molecule has 0 amide bonds. The van der Waals surface area contributed by atoms with E-state index < -0.39 is 5.97 Å². The predicted molar refractivity (Wildman–Crippen MR) is 76.8 cm³/mol. The van der Waals surface area contributed by atoms with E-state index in [1.54, 1.807) is 17.8 Å². The van der Waals surface area contributed by atoms with Crippen LogP contribution < -0.4 is 5.32 Å². The standard InChI is InChI=1S/C14H24N4O2/c1-11(10-18-6-4-3-5-7-18)15-9-12-8-13(14(19)20)16-17(12)2/h8,11,15H,3-7,9-10H2,1-2H3,(H,19,20). The summed E-state index contributed by atoms with van der Waals surface area (Å²) in [6, 6.07) is 2.01. The first-order chi connectivity index (χ1) is 9.56. The zero-order chi connectivity index (χ0) is 14.5. The van der Waals surface area contributed by atoms with E-state index >= 15 is 0 Å². The monoisotopic (exact) mass is 280 g/mol. The van der Waals surface area contributed by atoms with Crippen molar-refractivity contribution < 1.29 is 9.90 Å². The van der Waals surface area contributed by atoms with E-state index in [4.69, 9.17) is 5.11 Å². The van der Waals surface area contributed by atoms with Gasteiger partial charge in [0.25, 0.3) is 0 Å². The molecule has 1 atom stereocenters. The largest absolute Gasteiger partial charge is 0.476 e. The molecule has 1 aromatic heterocycles. The van der Waals surface area contributed by atoms with Crippen LogP contribution in [0, 0.1) is 0 Å². The van der Waals surface area contributed by atoms with Crippen molar-refractivity contribution >= 4 is 5.97 Å². The molecule has 0 spiro atoms. The van der Waals surface area contributed by atoms with Crippen LogP contribution in [0.2, 0.25) is 0 Å². The summed E-state index contributed by atoms with van der Waals surface area (Å²) in [7, 11) is 1.78. The van der Waals surface area contributed by atoms with Gasteiger partial charge in [-0.05, 0) is 38.9 Å². The van der Waals surface area contributed by atoms with Crippen molar-refractivity contribution in [3.63, 3.8) is 0 Å². The predicted octanol–water partition coefficient (Wildman–Crippen LogP) is 1.08. The topological polar surface area (TPSA) is 70.4 Å². The second-order valence-corrected chi connectivity index (χ2v) is 5.59. The Morgan fingerprint density at radius 2 is 2.15 bits per heavy atom. The van der Waals surface area contributed by atoms with Crippen LogP contribution in [0.5, 0.6) is 0 Å². The van der Waals surface area contributed by atoms with Crippen LogP contribution >= 0.6 is 0 Å². The van der Waals surface area contributed by atoms with Gasteiger partial charge < -0.3 is 15.3 Å². The molecule has 2 heterocycles. The van der Waals surface area contributed by atoms with E-state index in [0.717, 1.165) is 12.2 Å². The van der Waals surface area contributed by atoms with Crippen LogP contribution in [0.4, 0.5) is 0 Å². The lowest BCUT2D eigenvalue weighted by Gasteiger charge is -2.29. The number of hydrogen-bond donors (Lipinski definition) is 2. The quantitative estimate of drug-likeness (QED) is 0.816. The lowest BCUT2D eigenvalue weighted by molar-refractivity contribution is 0.0689. The first-order valence-corrected chi connectivity index (χ1v) is 7.28. The van der Waals surface area contributed by atoms with Crippen molar-refractivity contribution in [3.05, 3.63) is 17.5 Å². The summed E-state index contributed by atoms with van der Waals surface area (Å²) in [5.41, 5.74) is 1.00. The van der Waals surface area contributed by atoms with Gasteiger partial charge in [0.1, 0.15) is 0 Å². The fourth-order valence-electron chi connectivity index (χ4n) is 2.65. The van der Waals surface area contributed by atoms with Crippen LogP contribution in [0.15, 0.2) is 6.07 Å². The van der Waals surface area contributed by atoms with Crippen LogP contribution in [-0.4, -0.2) is 51.4 Å². The number of carboxylic acid groups (broad SMARTS) is 1. The van der Waals surface area contributed by atoms with Gasteiger partial charge in [-0.3, -0.25) is 4.68 Å². The fourth-order valence-corrected chi connectivity index (χ4v) is 2.65. The molecule has 0 saturated carbocycles. The number of rotatable bonds is 6. The Hall–Kier alpha value is -1.40. The summed E-state index contributed by atoms with van der Waals surface area (Å²) in [6.07, 6.45) is 3.96. The van der Waals surface area contributed by atoms with Gasteiger partial charge in [-0.25, -0.2) is 4.79 Å². The number of aryl methyl sites for hydroxylation is 1. The molecule has 1 aliphatic rings. The molecule has 6 heteroatoms. The smallest absolute Gasteiger partial charge is 0.356 e. The number of aromatic carboxylic acids is 1. The molecule has 20 heavy (non-hydrogen) atoms. The number of carbonyl (C=O) groups is 1. The summed E-state index contributed by atoms with van der Waals surface area (Å²) in [5, 5.41) is 16.3. The maximum Gasteiger partial charge on any atom is 0.356 e. The third kappa shape index (κ3) is 4.05. The summed E-state index contributed by atoms with van der Waals surface area (Å²) in [4.78, 5) is 13.4. The lowest BCUT2D eigenvalue weighted by atomic mass is 10.1. The highest BCUT2D eigenvalue weighted by atomic mass is 16.4. The Kier molecular flexibility index (Phi) is 5.14. The summed E-state index contributed by atoms with van der Waals surface area (Å²) in [5.74, 6) is -0.979. The van der Waals surface area contributed by atoms with E-state index in [1.165, 1.54) is 32.4 Å². The zero-order valence-corrected chi connectivity index (χ0v) is 12.3. The van der Waals surface area contributed by atoms with Gasteiger partial charge in [-0.2, -0.15) is 5.10 Å². The number of nitrogens with zero attached hydrogens (tertiary/aromatic N) is 3. The van der Waals surface area contributed by atoms with Crippen molar-refractivity contribution in [1.82, 2.24) is 20.0 Å². The average molecular weight is 280 g/mol. The summed E-state index contributed by atoms with van der Waals surface area (Å²) < 4.78 is 1.63. The molecule has 1 aliphatic heterocycles. The highest BCUT2D eigenvalue weighted by Crippen LogP contribution is 2.09. The normalized spacial score (nSPS) is 18.1. The third-order valence-electron chi connectivity index (χ3n) is 3.81. The van der Waals surface area contributed by atoms with Crippen LogP contribution in [0.25, 0.3) is 0 Å². The molecule has 1 aromatic rings. The summed E-state index contributed by atoms with van der Waals surface area (Å²) in [6.45, 7) is 6.25. The lowest BCUT2D eigenvalue weighted by Crippen LogP contribution is -2.41. The Bertz CT molecular complexity index is 452. The highest BCUT2D eigenvalue weighted by molar-refractivity contribution is 5.85. The van der Waals surface area contributed by atoms with Gasteiger partial charge >= 0.3 is 5.97 Å². The van der Waals surface area contributed by atoms with E-state index in [2.05, 4.69) is 22.2 Å². The van der Waals surface area contributed by atoms with E-state index in [1.807, 2.05) is 0 Å². The number of aromatic nitrogens is 2. The van der Waals surface area contributed by atoms with Gasteiger partial charge in [0.05, 0.1) is 5.69 Å². The second kappa shape index (κ2) is 6.85. The van der Waals surface area contributed by atoms with Crippen molar-refractivity contribution in [2.45, 2.75) is 38.8 Å². The average Bonchev–Trinajstić information content (AvgIpc) is 2.79. The molecule has 2 rings (SSSR count). The number of nitrogens with one attached hydrogen (secondary N) is 1. The first-order valence-electron chi connectivity index (χ1n) is 7.28. The van der Waals surface area contributed by atoms with E-state index in [9.17, 15) is 4.79 Å². The fraction of sp³-hybridized carbons (Fsp3) is 0.714. The van der Waals surface area contributed by atoms with Gasteiger partial charge in [0, 0.05) is 26.2 Å². The van der Waals surface area contributed by atoms with Crippen molar-refractivity contribution in [2.75, 3.05) is 19.6 Å². The van der Waals surface area contributed by atoms with Crippen molar-refractivity contribution in [3.8, 4) is 0 Å². The Labute approximate surface area is 119 Å². The van der Waals surface area contributed by atoms with E-state index in [0.29, 0.717) is 12.6 Å².